The smallest absolute Gasteiger partial charge is 0.475 e. The Bertz CT molecular complexity index is 1780. The number of aliphatic carboxylic acids is 2. The van der Waals surface area contributed by atoms with Gasteiger partial charge in [-0.1, -0.05) is 67.3 Å². The number of carbonyl (C=O) groups excluding carboxylic acids is 2. The van der Waals surface area contributed by atoms with Crippen LogP contribution in [0.1, 0.15) is 61.3 Å². The van der Waals surface area contributed by atoms with Crippen molar-refractivity contribution in [2.75, 3.05) is 46.0 Å². The maximum absolute atomic E-state index is 14.0. The zero-order valence-corrected chi connectivity index (χ0v) is 33.4. The van der Waals surface area contributed by atoms with Crippen molar-refractivity contribution in [2.24, 2.45) is 5.92 Å². The van der Waals surface area contributed by atoms with Gasteiger partial charge in [-0.15, -0.1) is 0 Å². The summed E-state index contributed by atoms with van der Waals surface area (Å²) in [5.41, 5.74) is 3.33. The van der Waals surface area contributed by atoms with Gasteiger partial charge in [-0.25, -0.2) is 22.7 Å². The van der Waals surface area contributed by atoms with E-state index in [1.807, 2.05) is 36.2 Å². The molecule has 5 rings (SSSR count). The molecule has 3 aliphatic rings. The monoisotopic (exact) mass is 871 g/mol. The van der Waals surface area contributed by atoms with Gasteiger partial charge >= 0.3 is 24.3 Å². The minimum atomic E-state index is -5.08. The third kappa shape index (κ3) is 15.6. The molecule has 324 valence electrons. The summed E-state index contributed by atoms with van der Waals surface area (Å²) in [7, 11) is -1.27. The number of piperazine rings is 1. The average molecular weight is 872 g/mol. The number of halogens is 7. The molecule has 0 radical (unpaired) electrons. The van der Waals surface area contributed by atoms with Gasteiger partial charge in [0.2, 0.25) is 21.8 Å². The Kier molecular flexibility index (Phi) is 17.8. The van der Waals surface area contributed by atoms with Crippen LogP contribution in [0.2, 0.25) is 5.02 Å². The second kappa shape index (κ2) is 21.3. The number of hydrogen-bond donors (Lipinski definition) is 4. The summed E-state index contributed by atoms with van der Waals surface area (Å²) < 4.78 is 90.1. The number of carbonyl (C=O) groups is 4. The van der Waals surface area contributed by atoms with E-state index >= 15 is 0 Å². The largest absolute Gasteiger partial charge is 0.490 e. The van der Waals surface area contributed by atoms with Crippen LogP contribution in [0.3, 0.4) is 0 Å². The SMILES string of the molecule is CN1Cc2ccccc2C1CC(=O)NC(Cc1ccc(Cl)cc1)C(=O)N1CCN(C(CNS(C)(=O)=O)C2CCCCC2)CC1.O=C(O)C(F)(F)F.O=C(O)C(F)(F)F. The van der Waals surface area contributed by atoms with Crippen LogP contribution in [-0.4, -0.2) is 128 Å². The first-order chi connectivity index (χ1) is 27.0. The zero-order chi connectivity index (χ0) is 43.4. The molecule has 2 aromatic rings. The van der Waals surface area contributed by atoms with Crippen LogP contribution >= 0.6 is 11.6 Å². The number of amides is 2. The second-order valence-corrected chi connectivity index (χ2v) is 16.6. The van der Waals surface area contributed by atoms with E-state index in [9.17, 15) is 44.3 Å². The van der Waals surface area contributed by atoms with Crippen molar-refractivity contribution in [1.82, 2.24) is 24.7 Å². The van der Waals surface area contributed by atoms with Crippen LogP contribution in [0, 0.1) is 5.92 Å². The molecule has 1 saturated carbocycles. The number of fused-ring (bicyclic) bond motifs is 1. The quantitative estimate of drug-likeness (QED) is 0.229. The summed E-state index contributed by atoms with van der Waals surface area (Å²) in [5, 5.41) is 18.0. The number of rotatable bonds is 11. The lowest BCUT2D eigenvalue weighted by molar-refractivity contribution is -0.193. The number of carboxylic acid groups (broad SMARTS) is 2. The van der Waals surface area contributed by atoms with E-state index in [2.05, 4.69) is 32.0 Å². The molecule has 1 saturated heterocycles. The van der Waals surface area contributed by atoms with Gasteiger partial charge in [-0.2, -0.15) is 26.3 Å². The van der Waals surface area contributed by atoms with Crippen molar-refractivity contribution in [2.45, 2.75) is 82.0 Å². The van der Waals surface area contributed by atoms with Gasteiger partial charge < -0.3 is 20.4 Å². The predicted molar refractivity (Wildman–Crippen MR) is 201 cm³/mol. The summed E-state index contributed by atoms with van der Waals surface area (Å²) in [6, 6.07) is 15.0. The normalized spacial score (nSPS) is 19.1. The summed E-state index contributed by atoms with van der Waals surface area (Å²) in [6.07, 6.45) is -2.52. The highest BCUT2D eigenvalue weighted by molar-refractivity contribution is 7.88. The van der Waals surface area contributed by atoms with E-state index in [1.54, 1.807) is 12.1 Å². The Labute approximate surface area is 337 Å². The summed E-state index contributed by atoms with van der Waals surface area (Å²) in [4.78, 5) is 51.7. The molecule has 13 nitrogen and oxygen atoms in total. The van der Waals surface area contributed by atoms with Crippen LogP contribution < -0.4 is 10.0 Å². The van der Waals surface area contributed by atoms with E-state index in [1.165, 1.54) is 36.6 Å². The standard InChI is InChI=1S/C33H46ClN5O4S.2C2HF3O2/c1-37-23-26-10-6-7-11-28(26)30(37)21-32(40)36-29(20-24-12-14-27(34)15-13-24)33(41)39-18-16-38(17-19-39)31(22-35-44(2,42)43)25-8-4-3-5-9-25;2*3-2(4,5)1(6)7/h6-7,10-15,25,29-31,35H,3-5,8-9,16-23H2,1-2H3,(H,36,40);2*(H,6,7). The molecule has 2 heterocycles. The van der Waals surface area contributed by atoms with Crippen molar-refractivity contribution >= 4 is 45.4 Å². The Morgan fingerprint density at radius 2 is 1.40 bits per heavy atom. The number of carboxylic acids is 2. The van der Waals surface area contributed by atoms with Crippen LogP contribution in [0.4, 0.5) is 26.3 Å². The lowest BCUT2D eigenvalue weighted by Gasteiger charge is -2.44. The van der Waals surface area contributed by atoms with Crippen LogP contribution in [-0.2, 0) is 42.2 Å². The third-order valence-electron chi connectivity index (χ3n) is 10.1. The molecular weight excluding hydrogens is 824 g/mol. The highest BCUT2D eigenvalue weighted by Gasteiger charge is 2.39. The average Bonchev–Trinajstić information content (AvgIpc) is 3.46. The Morgan fingerprint density at radius 3 is 1.91 bits per heavy atom. The topological polar surface area (TPSA) is 177 Å². The molecule has 2 fully saturated rings. The van der Waals surface area contributed by atoms with Gasteiger partial charge in [-0.05, 0) is 54.6 Å². The van der Waals surface area contributed by atoms with E-state index in [-0.39, 0.29) is 30.3 Å². The Hall–Kier alpha value is -3.98. The number of sulfonamides is 1. The van der Waals surface area contributed by atoms with E-state index in [4.69, 9.17) is 31.4 Å². The van der Waals surface area contributed by atoms with Crippen molar-refractivity contribution in [3.63, 3.8) is 0 Å². The lowest BCUT2D eigenvalue weighted by atomic mass is 9.83. The van der Waals surface area contributed by atoms with Crippen molar-refractivity contribution in [3.8, 4) is 0 Å². The predicted octanol–water partition coefficient (Wildman–Crippen LogP) is 4.85. The highest BCUT2D eigenvalue weighted by Crippen LogP contribution is 2.34. The van der Waals surface area contributed by atoms with Gasteiger partial charge in [0.1, 0.15) is 6.04 Å². The first-order valence-electron chi connectivity index (χ1n) is 18.4. The number of benzene rings is 2. The minimum Gasteiger partial charge on any atom is -0.475 e. The molecule has 2 amide bonds. The van der Waals surface area contributed by atoms with Crippen LogP contribution in [0.15, 0.2) is 48.5 Å². The van der Waals surface area contributed by atoms with Crippen LogP contribution in [0.25, 0.3) is 0 Å². The molecule has 3 unspecified atom stereocenters. The zero-order valence-electron chi connectivity index (χ0n) is 31.9. The Morgan fingerprint density at radius 1 is 0.862 bits per heavy atom. The number of nitrogens with one attached hydrogen (secondary N) is 2. The highest BCUT2D eigenvalue weighted by atomic mass is 35.5. The third-order valence-corrected chi connectivity index (χ3v) is 11.0. The summed E-state index contributed by atoms with van der Waals surface area (Å²) >= 11 is 6.12. The molecule has 4 N–H and O–H groups in total. The summed E-state index contributed by atoms with van der Waals surface area (Å²) in [5.74, 6) is -5.30. The summed E-state index contributed by atoms with van der Waals surface area (Å²) in [6.45, 7) is 3.60. The fourth-order valence-corrected chi connectivity index (χ4v) is 7.81. The van der Waals surface area contributed by atoms with Crippen LogP contribution in [0.5, 0.6) is 0 Å². The van der Waals surface area contributed by atoms with Gasteiger partial charge in [0.05, 0.1) is 6.26 Å². The molecule has 0 aromatic heterocycles. The molecule has 1 aliphatic carbocycles. The second-order valence-electron chi connectivity index (χ2n) is 14.3. The maximum atomic E-state index is 14.0. The lowest BCUT2D eigenvalue weighted by Crippen LogP contribution is -2.59. The van der Waals surface area contributed by atoms with Crippen molar-refractivity contribution in [1.29, 1.82) is 0 Å². The number of nitrogens with zero attached hydrogens (tertiary/aromatic N) is 3. The molecule has 3 atom stereocenters. The molecule has 2 aliphatic heterocycles. The molecule has 58 heavy (non-hydrogen) atoms. The fraction of sp³-hybridized carbons (Fsp3) is 0.568. The first-order valence-corrected chi connectivity index (χ1v) is 20.6. The molecule has 21 heteroatoms. The van der Waals surface area contributed by atoms with Gasteiger partial charge in [0, 0.05) is 69.2 Å². The van der Waals surface area contributed by atoms with Crippen molar-refractivity contribution < 1.29 is 64.2 Å². The van der Waals surface area contributed by atoms with Crippen molar-refractivity contribution in [3.05, 3.63) is 70.2 Å². The molecule has 0 bridgehead atoms. The van der Waals surface area contributed by atoms with Gasteiger partial charge in [0.25, 0.3) is 0 Å². The van der Waals surface area contributed by atoms with E-state index < -0.39 is 40.4 Å². The fourth-order valence-electron chi connectivity index (χ4n) is 7.21. The number of hydrogen-bond acceptors (Lipinski definition) is 8. The van der Waals surface area contributed by atoms with E-state index in [0.29, 0.717) is 50.1 Å². The minimum absolute atomic E-state index is 0.0294. The maximum Gasteiger partial charge on any atom is 0.490 e. The molecular formula is C37H48ClF6N5O8S. The van der Waals surface area contributed by atoms with Gasteiger partial charge in [0.15, 0.2) is 0 Å². The molecule has 2 aromatic carbocycles. The first kappa shape index (κ1) is 48.4. The van der Waals surface area contributed by atoms with E-state index in [0.717, 1.165) is 24.9 Å². The van der Waals surface area contributed by atoms with Gasteiger partial charge in [-0.3, -0.25) is 19.4 Å². The number of alkyl halides is 6. The molecule has 0 spiro atoms. The Balaban J connectivity index is 0.000000550.